The Labute approximate surface area is 94.4 Å². The Kier molecular flexibility index (Phi) is 3.19. The molecule has 0 bridgehead atoms. The first kappa shape index (κ1) is 10.7. The van der Waals surface area contributed by atoms with Gasteiger partial charge in [0.1, 0.15) is 0 Å². The van der Waals surface area contributed by atoms with E-state index in [-0.39, 0.29) is 0 Å². The summed E-state index contributed by atoms with van der Waals surface area (Å²) in [6.45, 7) is 0. The largest absolute Gasteiger partial charge is 0.733 e. The zero-order valence-corrected chi connectivity index (χ0v) is 8.96. The van der Waals surface area contributed by atoms with Crippen LogP contribution in [-0.2, 0) is 4.84 Å². The molecule has 2 aromatic rings. The molecule has 2 rings (SSSR count). The minimum Gasteiger partial charge on any atom is -0.733 e. The molecule has 0 aliphatic heterocycles. The third kappa shape index (κ3) is 2.21. The van der Waals surface area contributed by atoms with Gasteiger partial charge in [0.05, 0.1) is 12.8 Å². The molecule has 3 heteroatoms. The summed E-state index contributed by atoms with van der Waals surface area (Å²) in [6, 6.07) is 17.3. The monoisotopic (exact) mass is 214 g/mol. The van der Waals surface area contributed by atoms with Crippen LogP contribution in [0.1, 0.15) is 0 Å². The fraction of sp³-hybridized carbons (Fsp3) is 0.0769. The lowest BCUT2D eigenvalue weighted by molar-refractivity contribution is 0.198. The van der Waals surface area contributed by atoms with Crippen LogP contribution in [0.2, 0.25) is 0 Å². The van der Waals surface area contributed by atoms with Crippen molar-refractivity contribution in [3.63, 3.8) is 0 Å². The van der Waals surface area contributed by atoms with Crippen molar-refractivity contribution in [3.8, 4) is 11.1 Å². The standard InChI is InChI=1S/C13H12NO2/c1-16-14(15)13-9-7-12(8-10-13)11-5-3-2-4-6-11/h2-10H,1H3/q-1. The quantitative estimate of drug-likeness (QED) is 0.736. The molecule has 0 heterocycles. The van der Waals surface area contributed by atoms with Gasteiger partial charge in [-0.05, 0) is 23.3 Å². The van der Waals surface area contributed by atoms with E-state index in [2.05, 4.69) is 4.84 Å². The van der Waals surface area contributed by atoms with E-state index in [4.69, 9.17) is 0 Å². The molecule has 0 aliphatic rings. The number of rotatable bonds is 3. The molecule has 0 saturated carbocycles. The second-order valence-corrected chi connectivity index (χ2v) is 3.35. The van der Waals surface area contributed by atoms with Gasteiger partial charge in [0.25, 0.3) is 0 Å². The zero-order valence-electron chi connectivity index (χ0n) is 8.96. The number of anilines is 1. The predicted molar refractivity (Wildman–Crippen MR) is 64.7 cm³/mol. The summed E-state index contributed by atoms with van der Waals surface area (Å²) in [7, 11) is 1.35. The Morgan fingerprint density at radius 2 is 1.44 bits per heavy atom. The van der Waals surface area contributed by atoms with Crippen LogP contribution < -0.4 is 5.23 Å². The molecule has 0 spiro atoms. The maximum absolute atomic E-state index is 11.2. The third-order valence-corrected chi connectivity index (χ3v) is 2.35. The van der Waals surface area contributed by atoms with Gasteiger partial charge < -0.3 is 10.4 Å². The molecule has 0 aromatic heterocycles. The van der Waals surface area contributed by atoms with Gasteiger partial charge in [-0.1, -0.05) is 42.5 Å². The van der Waals surface area contributed by atoms with E-state index in [1.165, 1.54) is 7.11 Å². The third-order valence-electron chi connectivity index (χ3n) is 2.35. The Morgan fingerprint density at radius 3 is 2.00 bits per heavy atom. The van der Waals surface area contributed by atoms with E-state index < -0.39 is 0 Å². The molecule has 0 fully saturated rings. The highest BCUT2D eigenvalue weighted by Gasteiger charge is 1.97. The Hall–Kier alpha value is -1.84. The van der Waals surface area contributed by atoms with Gasteiger partial charge in [-0.2, -0.15) is 0 Å². The first-order valence-electron chi connectivity index (χ1n) is 4.98. The van der Waals surface area contributed by atoms with Crippen LogP contribution in [0.15, 0.2) is 54.6 Å². The van der Waals surface area contributed by atoms with E-state index in [9.17, 15) is 5.21 Å². The first-order chi connectivity index (χ1) is 7.81. The van der Waals surface area contributed by atoms with E-state index in [0.29, 0.717) is 10.9 Å². The average molecular weight is 214 g/mol. The van der Waals surface area contributed by atoms with Crippen LogP contribution in [0.5, 0.6) is 0 Å². The summed E-state index contributed by atoms with van der Waals surface area (Å²) in [4.78, 5) is 4.56. The van der Waals surface area contributed by atoms with E-state index in [1.54, 1.807) is 12.1 Å². The van der Waals surface area contributed by atoms with Crippen molar-refractivity contribution in [2.75, 3.05) is 12.3 Å². The van der Waals surface area contributed by atoms with Gasteiger partial charge in [-0.25, -0.2) is 0 Å². The summed E-state index contributed by atoms with van der Waals surface area (Å²) in [5.41, 5.74) is 2.69. The molecule has 3 nitrogen and oxygen atoms in total. The minimum absolute atomic E-state index is 0.481. The molecule has 2 aromatic carbocycles. The van der Waals surface area contributed by atoms with E-state index in [0.717, 1.165) is 11.1 Å². The van der Waals surface area contributed by atoms with Gasteiger partial charge >= 0.3 is 0 Å². The van der Waals surface area contributed by atoms with Crippen LogP contribution in [0, 0.1) is 5.21 Å². The zero-order chi connectivity index (χ0) is 11.4. The van der Waals surface area contributed by atoms with Crippen molar-refractivity contribution in [2.45, 2.75) is 0 Å². The SMILES string of the molecule is CON([O-])c1ccc(-c2ccccc2)cc1. The first-order valence-corrected chi connectivity index (χ1v) is 4.98. The fourth-order valence-corrected chi connectivity index (χ4v) is 1.51. The number of hydrogen-bond acceptors (Lipinski definition) is 3. The Balaban J connectivity index is 2.26. The lowest BCUT2D eigenvalue weighted by Crippen LogP contribution is -2.11. The van der Waals surface area contributed by atoms with Crippen LogP contribution in [0.25, 0.3) is 11.1 Å². The second kappa shape index (κ2) is 4.79. The van der Waals surface area contributed by atoms with E-state index >= 15 is 0 Å². The summed E-state index contributed by atoms with van der Waals surface area (Å²) < 4.78 is 0. The van der Waals surface area contributed by atoms with Crippen molar-refractivity contribution in [2.24, 2.45) is 0 Å². The van der Waals surface area contributed by atoms with Gasteiger partial charge in [0.2, 0.25) is 0 Å². The van der Waals surface area contributed by atoms with Crippen molar-refractivity contribution in [1.29, 1.82) is 0 Å². The molecule has 0 N–H and O–H groups in total. The summed E-state index contributed by atoms with van der Waals surface area (Å²) in [5, 5.41) is 11.6. The maximum Gasteiger partial charge on any atom is 0.0629 e. The minimum atomic E-state index is 0.481. The molecule has 0 unspecified atom stereocenters. The van der Waals surface area contributed by atoms with Crippen LogP contribution >= 0.6 is 0 Å². The topological polar surface area (TPSA) is 35.5 Å². The van der Waals surface area contributed by atoms with Gasteiger partial charge in [-0.3, -0.25) is 4.84 Å². The molecule has 16 heavy (non-hydrogen) atoms. The number of nitrogens with zero attached hydrogens (tertiary/aromatic N) is 1. The van der Waals surface area contributed by atoms with Gasteiger partial charge in [-0.15, -0.1) is 0 Å². The van der Waals surface area contributed by atoms with Crippen molar-refractivity contribution < 1.29 is 4.84 Å². The number of hydrogen-bond donors (Lipinski definition) is 0. The molecule has 0 saturated heterocycles. The Bertz CT molecular complexity index is 439. The summed E-state index contributed by atoms with van der Waals surface area (Å²) in [6.07, 6.45) is 0. The van der Waals surface area contributed by atoms with Crippen LogP contribution in [-0.4, -0.2) is 7.11 Å². The Morgan fingerprint density at radius 1 is 0.875 bits per heavy atom. The fourth-order valence-electron chi connectivity index (χ4n) is 1.51. The molecule has 0 aliphatic carbocycles. The highest BCUT2D eigenvalue weighted by atomic mass is 16.9. The molecule has 82 valence electrons. The second-order valence-electron chi connectivity index (χ2n) is 3.35. The molecule has 0 radical (unpaired) electrons. The van der Waals surface area contributed by atoms with Crippen molar-refractivity contribution in [1.82, 2.24) is 0 Å². The highest BCUT2D eigenvalue weighted by molar-refractivity contribution is 5.65. The summed E-state index contributed by atoms with van der Waals surface area (Å²) >= 11 is 0. The van der Waals surface area contributed by atoms with Crippen molar-refractivity contribution in [3.05, 3.63) is 59.8 Å². The molecular weight excluding hydrogens is 202 g/mol. The lowest BCUT2D eigenvalue weighted by atomic mass is 10.1. The van der Waals surface area contributed by atoms with E-state index in [1.807, 2.05) is 42.5 Å². The average Bonchev–Trinajstić information content (AvgIpc) is 2.39. The van der Waals surface area contributed by atoms with Crippen LogP contribution in [0.4, 0.5) is 5.69 Å². The normalized spacial score (nSPS) is 10.1. The molecule has 0 atom stereocenters. The number of benzene rings is 2. The van der Waals surface area contributed by atoms with Crippen LogP contribution in [0.3, 0.4) is 0 Å². The predicted octanol–water partition coefficient (Wildman–Crippen LogP) is 3.22. The molecular formula is C13H12NO2-. The highest BCUT2D eigenvalue weighted by Crippen LogP contribution is 2.22. The van der Waals surface area contributed by atoms with Crippen molar-refractivity contribution >= 4 is 5.69 Å². The smallest absolute Gasteiger partial charge is 0.0629 e. The van der Waals surface area contributed by atoms with Gasteiger partial charge in [0, 0.05) is 0 Å². The summed E-state index contributed by atoms with van der Waals surface area (Å²) in [5.74, 6) is 0. The maximum atomic E-state index is 11.2. The lowest BCUT2D eigenvalue weighted by Gasteiger charge is -2.26. The van der Waals surface area contributed by atoms with Gasteiger partial charge in [0.15, 0.2) is 0 Å². The molecule has 0 amide bonds.